The lowest BCUT2D eigenvalue weighted by Gasteiger charge is -2.26. The van der Waals surface area contributed by atoms with E-state index in [4.69, 9.17) is 16.3 Å². The molecule has 0 bridgehead atoms. The molecule has 1 aliphatic heterocycles. The maximum atomic E-state index is 12.1. The zero-order valence-electron chi connectivity index (χ0n) is 11.2. The number of carbonyl (C=O) groups excluding carboxylic acids is 1. The summed E-state index contributed by atoms with van der Waals surface area (Å²) in [6.07, 6.45) is 0. The molecule has 1 aliphatic rings. The Labute approximate surface area is 128 Å². The predicted octanol–water partition coefficient (Wildman–Crippen LogP) is 2.02. The van der Waals surface area contributed by atoms with E-state index in [0.29, 0.717) is 26.3 Å². The van der Waals surface area contributed by atoms with E-state index in [2.05, 4.69) is 5.32 Å². The van der Waals surface area contributed by atoms with Crippen LogP contribution in [0, 0.1) is 20.2 Å². The number of ether oxygens (including phenoxy) is 1. The fourth-order valence-electron chi connectivity index (χ4n) is 1.95. The summed E-state index contributed by atoms with van der Waals surface area (Å²) >= 11 is 5.65. The zero-order valence-corrected chi connectivity index (χ0v) is 11.9. The third-order valence-corrected chi connectivity index (χ3v) is 3.20. The Hall–Kier alpha value is -2.46. The second-order valence-electron chi connectivity index (χ2n) is 4.36. The van der Waals surface area contributed by atoms with Crippen LogP contribution in [0.1, 0.15) is 0 Å². The molecule has 1 N–H and O–H groups in total. The molecule has 1 fully saturated rings. The summed E-state index contributed by atoms with van der Waals surface area (Å²) in [6.45, 7) is 1.25. The molecule has 0 saturated carbocycles. The lowest BCUT2D eigenvalue weighted by Crippen LogP contribution is -2.43. The highest BCUT2D eigenvalue weighted by Crippen LogP contribution is 2.37. The molecule has 11 heteroatoms. The van der Waals surface area contributed by atoms with E-state index in [0.717, 1.165) is 12.1 Å². The summed E-state index contributed by atoms with van der Waals surface area (Å²) in [6, 6.07) is 1.23. The molecule has 10 nitrogen and oxygen atoms in total. The first-order valence-electron chi connectivity index (χ1n) is 6.16. The van der Waals surface area contributed by atoms with Gasteiger partial charge in [0.25, 0.3) is 0 Å². The first kappa shape index (κ1) is 15.9. The summed E-state index contributed by atoms with van der Waals surface area (Å²) in [5, 5.41) is 24.2. The Morgan fingerprint density at radius 1 is 1.18 bits per heavy atom. The van der Waals surface area contributed by atoms with Crippen molar-refractivity contribution >= 4 is 34.7 Å². The third-order valence-electron chi connectivity index (χ3n) is 2.99. The predicted molar refractivity (Wildman–Crippen MR) is 76.2 cm³/mol. The van der Waals surface area contributed by atoms with Gasteiger partial charge in [0.1, 0.15) is 0 Å². The van der Waals surface area contributed by atoms with Crippen molar-refractivity contribution in [1.29, 1.82) is 0 Å². The van der Waals surface area contributed by atoms with Gasteiger partial charge in [-0.25, -0.2) is 4.79 Å². The van der Waals surface area contributed by atoms with Crippen LogP contribution in [0.3, 0.4) is 0 Å². The number of morpholine rings is 1. The number of amides is 2. The second-order valence-corrected chi connectivity index (χ2v) is 4.80. The highest BCUT2D eigenvalue weighted by atomic mass is 35.5. The summed E-state index contributed by atoms with van der Waals surface area (Å²) in [4.78, 5) is 33.8. The molecule has 2 amide bonds. The molecule has 0 atom stereocenters. The number of nitro groups is 2. The zero-order chi connectivity index (χ0) is 16.3. The number of rotatable bonds is 3. The van der Waals surface area contributed by atoms with Crippen molar-refractivity contribution in [2.24, 2.45) is 0 Å². The monoisotopic (exact) mass is 330 g/mol. The molecule has 1 heterocycles. The number of benzene rings is 1. The molecule has 118 valence electrons. The van der Waals surface area contributed by atoms with Gasteiger partial charge in [0.05, 0.1) is 28.1 Å². The van der Waals surface area contributed by atoms with Gasteiger partial charge >= 0.3 is 17.4 Å². The summed E-state index contributed by atoms with van der Waals surface area (Å²) in [5.74, 6) is 0. The van der Waals surface area contributed by atoms with Crippen LogP contribution in [0.2, 0.25) is 5.02 Å². The molecule has 1 aromatic carbocycles. The minimum absolute atomic E-state index is 0.164. The van der Waals surface area contributed by atoms with Gasteiger partial charge in [0.2, 0.25) is 0 Å². The largest absolute Gasteiger partial charge is 0.378 e. The molecule has 0 spiro atoms. The fourth-order valence-corrected chi connectivity index (χ4v) is 2.15. The van der Waals surface area contributed by atoms with Crippen molar-refractivity contribution in [3.05, 3.63) is 37.4 Å². The fraction of sp³-hybridized carbons (Fsp3) is 0.364. The van der Waals surface area contributed by atoms with Crippen LogP contribution >= 0.6 is 11.6 Å². The number of halogens is 1. The topological polar surface area (TPSA) is 128 Å². The van der Waals surface area contributed by atoms with Crippen molar-refractivity contribution in [3.8, 4) is 0 Å². The Morgan fingerprint density at radius 2 is 1.68 bits per heavy atom. The minimum Gasteiger partial charge on any atom is -0.378 e. The van der Waals surface area contributed by atoms with Crippen LogP contribution in [-0.2, 0) is 4.74 Å². The van der Waals surface area contributed by atoms with E-state index in [1.165, 1.54) is 4.90 Å². The SMILES string of the molecule is O=C(Nc1c([N+](=O)[O-])cc(Cl)cc1[N+](=O)[O-])N1CCOCC1. The average Bonchev–Trinajstić information content (AvgIpc) is 2.48. The van der Waals surface area contributed by atoms with Crippen molar-refractivity contribution in [2.75, 3.05) is 31.6 Å². The Morgan fingerprint density at radius 3 is 2.14 bits per heavy atom. The van der Waals surface area contributed by atoms with Crippen LogP contribution < -0.4 is 5.32 Å². The van der Waals surface area contributed by atoms with E-state index in [-0.39, 0.29) is 5.02 Å². The lowest BCUT2D eigenvalue weighted by molar-refractivity contribution is -0.392. The molecular formula is C11H11ClN4O6. The normalized spacial score (nSPS) is 14.5. The molecule has 0 aromatic heterocycles. The summed E-state index contributed by atoms with van der Waals surface area (Å²) < 4.78 is 5.08. The Balaban J connectivity index is 2.37. The first-order valence-corrected chi connectivity index (χ1v) is 6.54. The Bertz CT molecular complexity index is 596. The molecule has 1 saturated heterocycles. The average molecular weight is 331 g/mol. The number of anilines is 1. The van der Waals surface area contributed by atoms with E-state index >= 15 is 0 Å². The van der Waals surface area contributed by atoms with Gasteiger partial charge in [-0.3, -0.25) is 25.5 Å². The maximum Gasteiger partial charge on any atom is 0.322 e. The van der Waals surface area contributed by atoms with E-state index in [1.54, 1.807) is 0 Å². The number of hydrogen-bond acceptors (Lipinski definition) is 6. The van der Waals surface area contributed by atoms with Crippen LogP contribution in [-0.4, -0.2) is 47.1 Å². The van der Waals surface area contributed by atoms with Gasteiger partial charge in [-0.2, -0.15) is 0 Å². The summed E-state index contributed by atoms with van der Waals surface area (Å²) in [5.41, 5.74) is -1.77. The third kappa shape index (κ3) is 3.40. The van der Waals surface area contributed by atoms with Gasteiger partial charge in [0, 0.05) is 25.2 Å². The molecule has 0 unspecified atom stereocenters. The van der Waals surface area contributed by atoms with E-state index in [9.17, 15) is 25.0 Å². The molecule has 2 rings (SSSR count). The van der Waals surface area contributed by atoms with Gasteiger partial charge in [0.15, 0.2) is 5.69 Å². The van der Waals surface area contributed by atoms with Crippen molar-refractivity contribution in [1.82, 2.24) is 4.90 Å². The van der Waals surface area contributed by atoms with Crippen molar-refractivity contribution < 1.29 is 19.4 Å². The highest BCUT2D eigenvalue weighted by Gasteiger charge is 2.29. The quantitative estimate of drug-likeness (QED) is 0.667. The Kier molecular flexibility index (Phi) is 4.73. The number of nitrogens with zero attached hydrogens (tertiary/aromatic N) is 3. The van der Waals surface area contributed by atoms with E-state index < -0.39 is 32.9 Å². The number of carbonyl (C=O) groups is 1. The molecule has 22 heavy (non-hydrogen) atoms. The number of nitrogens with one attached hydrogen (secondary N) is 1. The number of nitro benzene ring substituents is 2. The number of urea groups is 1. The van der Waals surface area contributed by atoms with Crippen LogP contribution in [0.4, 0.5) is 21.9 Å². The van der Waals surface area contributed by atoms with Crippen LogP contribution in [0.25, 0.3) is 0 Å². The lowest BCUT2D eigenvalue weighted by atomic mass is 10.2. The molecule has 0 aliphatic carbocycles. The highest BCUT2D eigenvalue weighted by molar-refractivity contribution is 6.31. The smallest absolute Gasteiger partial charge is 0.322 e. The maximum absolute atomic E-state index is 12.1. The second kappa shape index (κ2) is 6.54. The van der Waals surface area contributed by atoms with Crippen molar-refractivity contribution in [3.63, 3.8) is 0 Å². The molecular weight excluding hydrogens is 320 g/mol. The van der Waals surface area contributed by atoms with Gasteiger partial charge in [-0.15, -0.1) is 0 Å². The van der Waals surface area contributed by atoms with Gasteiger partial charge in [-0.05, 0) is 0 Å². The number of hydrogen-bond donors (Lipinski definition) is 1. The van der Waals surface area contributed by atoms with Crippen molar-refractivity contribution in [2.45, 2.75) is 0 Å². The minimum atomic E-state index is -0.839. The van der Waals surface area contributed by atoms with Gasteiger partial charge < -0.3 is 9.64 Å². The van der Waals surface area contributed by atoms with Gasteiger partial charge in [-0.1, -0.05) is 11.6 Å². The first-order chi connectivity index (χ1) is 10.4. The molecule has 0 radical (unpaired) electrons. The van der Waals surface area contributed by atoms with Crippen LogP contribution in [0.5, 0.6) is 0 Å². The van der Waals surface area contributed by atoms with Crippen LogP contribution in [0.15, 0.2) is 12.1 Å². The molecule has 1 aromatic rings. The van der Waals surface area contributed by atoms with E-state index in [1.807, 2.05) is 0 Å². The summed E-state index contributed by atoms with van der Waals surface area (Å²) in [7, 11) is 0. The standard InChI is InChI=1S/C11H11ClN4O6/c12-7-5-8(15(18)19)10(9(6-7)16(20)21)13-11(17)14-1-3-22-4-2-14/h5-6H,1-4H2,(H,13,17).